The van der Waals surface area contributed by atoms with Gasteiger partial charge in [0.1, 0.15) is 6.29 Å². The molecule has 0 aliphatic rings. The van der Waals surface area contributed by atoms with E-state index in [2.05, 4.69) is 17.4 Å². The maximum atomic E-state index is 10.1. The van der Waals surface area contributed by atoms with Crippen molar-refractivity contribution in [1.82, 2.24) is 5.32 Å². The molecule has 3 N–H and O–H groups in total. The Hall–Kier alpha value is -2.33. The maximum absolute atomic E-state index is 10.1. The van der Waals surface area contributed by atoms with Crippen molar-refractivity contribution in [2.45, 2.75) is 6.54 Å². The van der Waals surface area contributed by atoms with Gasteiger partial charge in [-0.3, -0.25) is 4.79 Å². The first-order valence-electron chi connectivity index (χ1n) is 5.83. The molecule has 2 aromatic carbocycles. The fraction of sp³-hybridized carbons (Fsp3) is 0.133. The van der Waals surface area contributed by atoms with E-state index in [0.29, 0.717) is 11.8 Å². The van der Waals surface area contributed by atoms with E-state index in [1.807, 2.05) is 25.2 Å². The third-order valence-electron chi connectivity index (χ3n) is 2.36. The quantitative estimate of drug-likeness (QED) is 0.584. The number of carbonyl (C=O) groups excluding carboxylic acids is 1. The summed E-state index contributed by atoms with van der Waals surface area (Å²) in [5.41, 5.74) is 1.68. The number of nitrogens with one attached hydrogen (secondary N) is 1. The van der Waals surface area contributed by atoms with Crippen LogP contribution < -0.4 is 5.32 Å². The number of aromatic hydroxyl groups is 2. The summed E-state index contributed by atoms with van der Waals surface area (Å²) < 4.78 is 0. The van der Waals surface area contributed by atoms with Crippen molar-refractivity contribution in [3.8, 4) is 11.5 Å². The standard InChI is InChI=1S/C8H11N.C7H6O3/c1-9-7-8-5-3-2-4-6-8;8-4-5-1-2-6(9)7(10)3-5/h2-6,9H,7H2,1H3;1-4,9-10H. The highest BCUT2D eigenvalue weighted by Crippen LogP contribution is 2.23. The van der Waals surface area contributed by atoms with Gasteiger partial charge in [-0.05, 0) is 30.8 Å². The van der Waals surface area contributed by atoms with Crippen LogP contribution in [0.15, 0.2) is 48.5 Å². The van der Waals surface area contributed by atoms with Gasteiger partial charge in [-0.2, -0.15) is 0 Å². The van der Waals surface area contributed by atoms with E-state index in [4.69, 9.17) is 10.2 Å². The number of carbonyl (C=O) groups is 1. The second kappa shape index (κ2) is 7.89. The number of benzene rings is 2. The minimum absolute atomic E-state index is 0.217. The van der Waals surface area contributed by atoms with Gasteiger partial charge in [-0.1, -0.05) is 30.3 Å². The molecule has 2 rings (SSSR count). The van der Waals surface area contributed by atoms with Crippen molar-refractivity contribution < 1.29 is 15.0 Å². The highest BCUT2D eigenvalue weighted by molar-refractivity contribution is 5.76. The van der Waals surface area contributed by atoms with Crippen molar-refractivity contribution in [3.05, 3.63) is 59.7 Å². The molecule has 0 aromatic heterocycles. The van der Waals surface area contributed by atoms with Gasteiger partial charge >= 0.3 is 0 Å². The van der Waals surface area contributed by atoms with Gasteiger partial charge in [0.25, 0.3) is 0 Å². The predicted molar refractivity (Wildman–Crippen MR) is 74.4 cm³/mol. The summed E-state index contributed by atoms with van der Waals surface area (Å²) in [5, 5.41) is 20.7. The fourth-order valence-corrected chi connectivity index (χ4v) is 1.41. The lowest BCUT2D eigenvalue weighted by Crippen LogP contribution is -2.04. The van der Waals surface area contributed by atoms with Crippen LogP contribution in [-0.4, -0.2) is 23.5 Å². The normalized spacial score (nSPS) is 9.32. The van der Waals surface area contributed by atoms with Gasteiger partial charge in [-0.25, -0.2) is 0 Å². The van der Waals surface area contributed by atoms with E-state index in [-0.39, 0.29) is 11.5 Å². The van der Waals surface area contributed by atoms with E-state index in [0.717, 1.165) is 6.54 Å². The second-order valence-corrected chi connectivity index (χ2v) is 3.88. The Bertz CT molecular complexity index is 512. The zero-order valence-electron chi connectivity index (χ0n) is 10.7. The smallest absolute Gasteiger partial charge is 0.158 e. The molecule has 0 bridgehead atoms. The summed E-state index contributed by atoms with van der Waals surface area (Å²) in [6, 6.07) is 14.2. The zero-order chi connectivity index (χ0) is 14.1. The first-order chi connectivity index (χ1) is 9.17. The molecule has 100 valence electrons. The predicted octanol–water partition coefficient (Wildman–Crippen LogP) is 2.32. The van der Waals surface area contributed by atoms with Crippen LogP contribution in [0.2, 0.25) is 0 Å². The third kappa shape index (κ3) is 5.23. The fourth-order valence-electron chi connectivity index (χ4n) is 1.41. The highest BCUT2D eigenvalue weighted by Gasteiger charge is 1.97. The van der Waals surface area contributed by atoms with E-state index in [1.54, 1.807) is 0 Å². The van der Waals surface area contributed by atoms with E-state index >= 15 is 0 Å². The van der Waals surface area contributed by atoms with E-state index < -0.39 is 0 Å². The molecule has 0 spiro atoms. The van der Waals surface area contributed by atoms with Gasteiger partial charge in [-0.15, -0.1) is 0 Å². The molecule has 4 nitrogen and oxygen atoms in total. The molecule has 4 heteroatoms. The number of hydrogen-bond donors (Lipinski definition) is 3. The van der Waals surface area contributed by atoms with Crippen LogP contribution >= 0.6 is 0 Å². The van der Waals surface area contributed by atoms with Crippen LogP contribution in [0.1, 0.15) is 15.9 Å². The lowest BCUT2D eigenvalue weighted by atomic mass is 10.2. The Balaban J connectivity index is 0.000000191. The second-order valence-electron chi connectivity index (χ2n) is 3.88. The van der Waals surface area contributed by atoms with Gasteiger partial charge in [0, 0.05) is 12.1 Å². The van der Waals surface area contributed by atoms with Crippen LogP contribution in [0.4, 0.5) is 0 Å². The monoisotopic (exact) mass is 259 g/mol. The molecule has 0 amide bonds. The minimum Gasteiger partial charge on any atom is -0.504 e. The first kappa shape index (κ1) is 14.7. The molecule has 0 heterocycles. The van der Waals surface area contributed by atoms with Crippen molar-refractivity contribution in [2.75, 3.05) is 7.05 Å². The summed E-state index contributed by atoms with van der Waals surface area (Å²) in [7, 11) is 1.95. The summed E-state index contributed by atoms with van der Waals surface area (Å²) in [6.07, 6.45) is 0.596. The molecule has 0 radical (unpaired) electrons. The summed E-state index contributed by atoms with van der Waals surface area (Å²) in [5.74, 6) is -0.491. The van der Waals surface area contributed by atoms with Gasteiger partial charge in [0.2, 0.25) is 0 Å². The number of aldehydes is 1. The largest absolute Gasteiger partial charge is 0.504 e. The molecule has 0 atom stereocenters. The average Bonchev–Trinajstić information content (AvgIpc) is 2.44. The molecule has 2 aromatic rings. The van der Waals surface area contributed by atoms with E-state index in [9.17, 15) is 4.79 Å². The van der Waals surface area contributed by atoms with Crippen molar-refractivity contribution in [1.29, 1.82) is 0 Å². The SMILES string of the molecule is CNCc1ccccc1.O=Cc1ccc(O)c(O)c1. The summed E-state index contributed by atoms with van der Waals surface area (Å²) >= 11 is 0. The Labute approximate surface area is 112 Å². The number of phenols is 2. The molecule has 0 fully saturated rings. The summed E-state index contributed by atoms with van der Waals surface area (Å²) in [4.78, 5) is 10.1. The van der Waals surface area contributed by atoms with Gasteiger partial charge in [0.15, 0.2) is 11.5 Å². The third-order valence-corrected chi connectivity index (χ3v) is 2.36. The molecule has 0 unspecified atom stereocenters. The molecule has 0 aliphatic heterocycles. The Morgan fingerprint density at radius 3 is 2.26 bits per heavy atom. The topological polar surface area (TPSA) is 69.6 Å². The number of rotatable bonds is 3. The van der Waals surface area contributed by atoms with Crippen LogP contribution in [0.5, 0.6) is 11.5 Å². The van der Waals surface area contributed by atoms with Crippen LogP contribution in [-0.2, 0) is 6.54 Å². The molecule has 19 heavy (non-hydrogen) atoms. The highest BCUT2D eigenvalue weighted by atomic mass is 16.3. The van der Waals surface area contributed by atoms with Crippen molar-refractivity contribution >= 4 is 6.29 Å². The molecule has 0 saturated carbocycles. The number of hydrogen-bond acceptors (Lipinski definition) is 4. The van der Waals surface area contributed by atoms with Crippen molar-refractivity contribution in [3.63, 3.8) is 0 Å². The Morgan fingerprint density at radius 2 is 1.74 bits per heavy atom. The maximum Gasteiger partial charge on any atom is 0.158 e. The summed E-state index contributed by atoms with van der Waals surface area (Å²) in [6.45, 7) is 0.959. The Kier molecular flexibility index (Phi) is 6.12. The van der Waals surface area contributed by atoms with Crippen molar-refractivity contribution in [2.24, 2.45) is 0 Å². The first-order valence-corrected chi connectivity index (χ1v) is 5.83. The molecule has 0 aliphatic carbocycles. The van der Waals surface area contributed by atoms with Crippen LogP contribution in [0.25, 0.3) is 0 Å². The lowest BCUT2D eigenvalue weighted by Gasteiger charge is -1.95. The Morgan fingerprint density at radius 1 is 1.05 bits per heavy atom. The van der Waals surface area contributed by atoms with Crippen LogP contribution in [0, 0.1) is 0 Å². The van der Waals surface area contributed by atoms with Crippen LogP contribution in [0.3, 0.4) is 0 Å². The lowest BCUT2D eigenvalue weighted by molar-refractivity contribution is 0.112. The molecular weight excluding hydrogens is 242 g/mol. The van der Waals surface area contributed by atoms with Gasteiger partial charge in [0.05, 0.1) is 0 Å². The van der Waals surface area contributed by atoms with Gasteiger partial charge < -0.3 is 15.5 Å². The average molecular weight is 259 g/mol. The number of phenolic OH excluding ortho intramolecular Hbond substituents is 2. The molecule has 0 saturated heterocycles. The zero-order valence-corrected chi connectivity index (χ0v) is 10.7. The minimum atomic E-state index is -0.274. The van der Waals surface area contributed by atoms with E-state index in [1.165, 1.54) is 23.8 Å². The molecular formula is C15H17NO3.